The maximum Gasteiger partial charge on any atom is 0.412 e. The van der Waals surface area contributed by atoms with Gasteiger partial charge in [-0.2, -0.15) is 0 Å². The van der Waals surface area contributed by atoms with Crippen LogP contribution in [0.25, 0.3) is 0 Å². The highest BCUT2D eigenvalue weighted by molar-refractivity contribution is 5.95. The Morgan fingerprint density at radius 1 is 0.976 bits per heavy atom. The molecule has 0 aliphatic heterocycles. The van der Waals surface area contributed by atoms with Crippen molar-refractivity contribution in [2.75, 3.05) is 27.2 Å². The summed E-state index contributed by atoms with van der Waals surface area (Å²) in [6.07, 6.45) is 2.95. The average molecular weight is 591 g/mol. The number of nitrogens with zero attached hydrogens (tertiary/aromatic N) is 1. The fraction of sp³-hybridized carbons (Fsp3) is 0.633. The van der Waals surface area contributed by atoms with Crippen molar-refractivity contribution in [1.29, 1.82) is 0 Å². The van der Waals surface area contributed by atoms with E-state index in [4.69, 9.17) is 10.5 Å². The van der Waals surface area contributed by atoms with Gasteiger partial charge < -0.3 is 36.6 Å². The van der Waals surface area contributed by atoms with Crippen molar-refractivity contribution in [1.82, 2.24) is 26.2 Å². The molecule has 0 fully saturated rings. The van der Waals surface area contributed by atoms with Crippen molar-refractivity contribution in [2.45, 2.75) is 90.8 Å². The molecule has 0 saturated heterocycles. The van der Waals surface area contributed by atoms with Crippen LogP contribution in [0.15, 0.2) is 24.3 Å². The van der Waals surface area contributed by atoms with Gasteiger partial charge in [-0.25, -0.2) is 4.79 Å². The van der Waals surface area contributed by atoms with E-state index >= 15 is 0 Å². The second-order valence-corrected chi connectivity index (χ2v) is 11.4. The van der Waals surface area contributed by atoms with Gasteiger partial charge in [0.2, 0.25) is 23.6 Å². The third-order valence-corrected chi connectivity index (χ3v) is 6.91. The molecule has 42 heavy (non-hydrogen) atoms. The fourth-order valence-electron chi connectivity index (χ4n) is 3.87. The maximum absolute atomic E-state index is 13.5. The molecule has 3 atom stereocenters. The van der Waals surface area contributed by atoms with E-state index in [9.17, 15) is 24.0 Å². The number of benzene rings is 1. The van der Waals surface area contributed by atoms with Crippen LogP contribution in [0.1, 0.15) is 72.3 Å². The van der Waals surface area contributed by atoms with Gasteiger partial charge in [-0.05, 0) is 58.0 Å². The molecule has 0 spiro atoms. The van der Waals surface area contributed by atoms with Crippen LogP contribution in [0.5, 0.6) is 5.75 Å². The van der Waals surface area contributed by atoms with Crippen LogP contribution in [0.3, 0.4) is 0 Å². The number of rotatable bonds is 18. The Morgan fingerprint density at radius 2 is 1.62 bits per heavy atom. The van der Waals surface area contributed by atoms with Gasteiger partial charge in [0.15, 0.2) is 0 Å². The number of likely N-dealkylation sites (N-methyl/N-ethyl adjacent to an activating group) is 1. The molecule has 12 heteroatoms. The van der Waals surface area contributed by atoms with Crippen LogP contribution in [-0.2, 0) is 25.6 Å². The third-order valence-electron chi connectivity index (χ3n) is 6.91. The quantitative estimate of drug-likeness (QED) is 0.162. The first-order chi connectivity index (χ1) is 19.7. The van der Waals surface area contributed by atoms with E-state index in [0.29, 0.717) is 37.2 Å². The van der Waals surface area contributed by atoms with Gasteiger partial charge in [-0.1, -0.05) is 52.2 Å². The minimum atomic E-state index is -1.31. The van der Waals surface area contributed by atoms with Crippen molar-refractivity contribution in [3.05, 3.63) is 29.8 Å². The molecular weight excluding hydrogens is 540 g/mol. The Kier molecular flexibility index (Phi) is 15.6. The SMILES string of the molecule is CCCCCC(=O)NC(Cc1ccc(OC(=O)NCCN(C)C)cc1)C(=O)NC(C(=O)NC(C)(C)C(N)=O)C(C)CC. The average Bonchev–Trinajstić information content (AvgIpc) is 2.91. The molecule has 0 heterocycles. The Labute approximate surface area is 249 Å². The summed E-state index contributed by atoms with van der Waals surface area (Å²) < 4.78 is 5.30. The largest absolute Gasteiger partial charge is 0.412 e. The van der Waals surface area contributed by atoms with Gasteiger partial charge in [-0.3, -0.25) is 19.2 Å². The number of amides is 5. The third kappa shape index (κ3) is 13.3. The number of ether oxygens (including phenoxy) is 1. The fourth-order valence-corrected chi connectivity index (χ4v) is 3.87. The highest BCUT2D eigenvalue weighted by Crippen LogP contribution is 2.16. The van der Waals surface area contributed by atoms with Crippen LogP contribution in [0.2, 0.25) is 0 Å². The first-order valence-electron chi connectivity index (χ1n) is 14.6. The lowest BCUT2D eigenvalue weighted by atomic mass is 9.95. The van der Waals surface area contributed by atoms with E-state index in [-0.39, 0.29) is 24.7 Å². The van der Waals surface area contributed by atoms with Crippen molar-refractivity contribution < 1.29 is 28.7 Å². The van der Waals surface area contributed by atoms with Crippen LogP contribution >= 0.6 is 0 Å². The summed E-state index contributed by atoms with van der Waals surface area (Å²) in [4.78, 5) is 65.1. The summed E-state index contributed by atoms with van der Waals surface area (Å²) in [5.41, 5.74) is 4.82. The van der Waals surface area contributed by atoms with E-state index < -0.39 is 41.4 Å². The summed E-state index contributed by atoms with van der Waals surface area (Å²) >= 11 is 0. The molecule has 0 aliphatic rings. The van der Waals surface area contributed by atoms with Crippen LogP contribution in [0.4, 0.5) is 4.79 Å². The summed E-state index contributed by atoms with van der Waals surface area (Å²) in [7, 11) is 3.80. The number of hydrogen-bond acceptors (Lipinski definition) is 7. The molecule has 1 aromatic rings. The van der Waals surface area contributed by atoms with Crippen molar-refractivity contribution in [3.63, 3.8) is 0 Å². The number of carbonyl (C=O) groups excluding carboxylic acids is 5. The Balaban J connectivity index is 3.07. The van der Waals surface area contributed by atoms with E-state index in [1.165, 1.54) is 13.8 Å². The second-order valence-electron chi connectivity index (χ2n) is 11.4. The number of unbranched alkanes of at least 4 members (excludes halogenated alkanes) is 2. The molecule has 1 rings (SSSR count). The van der Waals surface area contributed by atoms with E-state index in [1.54, 1.807) is 24.3 Å². The molecule has 1 aromatic carbocycles. The molecule has 0 radical (unpaired) electrons. The lowest BCUT2D eigenvalue weighted by molar-refractivity contribution is -0.135. The molecular formula is C30H50N6O6. The topological polar surface area (TPSA) is 172 Å². The zero-order chi connectivity index (χ0) is 31.9. The standard InChI is InChI=1S/C30H50N6O6/c1-8-10-11-12-24(37)33-23(19-21-13-15-22(16-14-21)42-29(41)32-17-18-36(6)7)26(38)34-25(20(3)9-2)27(39)35-30(4,5)28(31)40/h13-16,20,23,25H,8-12,17-19H2,1-7H3,(H2,31,40)(H,32,41)(H,33,37)(H,34,38)(H,35,39). The molecule has 0 bridgehead atoms. The highest BCUT2D eigenvalue weighted by atomic mass is 16.6. The van der Waals surface area contributed by atoms with Gasteiger partial charge >= 0.3 is 6.09 Å². The summed E-state index contributed by atoms with van der Waals surface area (Å²) in [6.45, 7) is 9.82. The van der Waals surface area contributed by atoms with Crippen LogP contribution < -0.4 is 31.7 Å². The molecule has 5 amide bonds. The predicted molar refractivity (Wildman–Crippen MR) is 162 cm³/mol. The Morgan fingerprint density at radius 3 is 2.17 bits per heavy atom. The number of nitrogens with one attached hydrogen (secondary N) is 4. The smallest absolute Gasteiger partial charge is 0.410 e. The van der Waals surface area contributed by atoms with Crippen molar-refractivity contribution in [2.24, 2.45) is 11.7 Å². The van der Waals surface area contributed by atoms with Gasteiger partial charge in [-0.15, -0.1) is 0 Å². The first-order valence-corrected chi connectivity index (χ1v) is 14.6. The summed E-state index contributed by atoms with van der Waals surface area (Å²) in [5, 5.41) is 10.9. The Bertz CT molecular complexity index is 1040. The summed E-state index contributed by atoms with van der Waals surface area (Å²) in [6, 6.07) is 4.71. The number of nitrogens with two attached hydrogens (primary N) is 1. The second kappa shape index (κ2) is 18.0. The molecule has 0 saturated carbocycles. The van der Waals surface area contributed by atoms with Gasteiger partial charge in [0.1, 0.15) is 23.4 Å². The predicted octanol–water partition coefficient (Wildman–Crippen LogP) is 1.86. The van der Waals surface area contributed by atoms with Gasteiger partial charge in [0.05, 0.1) is 0 Å². The Hall–Kier alpha value is -3.67. The highest BCUT2D eigenvalue weighted by Gasteiger charge is 2.34. The first kappa shape index (κ1) is 36.4. The zero-order valence-electron chi connectivity index (χ0n) is 26.2. The van der Waals surface area contributed by atoms with E-state index in [2.05, 4.69) is 21.3 Å². The lowest BCUT2D eigenvalue weighted by Gasteiger charge is -2.30. The minimum absolute atomic E-state index is 0.141. The van der Waals surface area contributed by atoms with Crippen LogP contribution in [-0.4, -0.2) is 79.4 Å². The van der Waals surface area contributed by atoms with Crippen LogP contribution in [0, 0.1) is 5.92 Å². The molecule has 0 aromatic heterocycles. The zero-order valence-corrected chi connectivity index (χ0v) is 26.2. The van der Waals surface area contributed by atoms with Gasteiger partial charge in [0, 0.05) is 25.9 Å². The lowest BCUT2D eigenvalue weighted by Crippen LogP contribution is -2.61. The van der Waals surface area contributed by atoms with Crippen molar-refractivity contribution >= 4 is 29.7 Å². The molecule has 3 unspecified atom stereocenters. The minimum Gasteiger partial charge on any atom is -0.410 e. The van der Waals surface area contributed by atoms with Crippen molar-refractivity contribution in [3.8, 4) is 5.75 Å². The molecule has 236 valence electrons. The summed E-state index contributed by atoms with van der Waals surface area (Å²) in [5.74, 6) is -1.98. The maximum atomic E-state index is 13.5. The van der Waals surface area contributed by atoms with E-state index in [1.807, 2.05) is 39.8 Å². The molecule has 0 aliphatic carbocycles. The number of hydrogen-bond donors (Lipinski definition) is 5. The normalized spacial score (nSPS) is 13.4. The number of primary amides is 1. The molecule has 6 N–H and O–H groups in total. The van der Waals surface area contributed by atoms with E-state index in [0.717, 1.165) is 12.8 Å². The monoisotopic (exact) mass is 590 g/mol. The number of carbonyl (C=O) groups is 5. The molecule has 12 nitrogen and oxygen atoms in total. The van der Waals surface area contributed by atoms with Gasteiger partial charge in [0.25, 0.3) is 0 Å².